The summed E-state index contributed by atoms with van der Waals surface area (Å²) >= 11 is 9.27. The summed E-state index contributed by atoms with van der Waals surface area (Å²) in [4.78, 5) is 0. The third-order valence-corrected chi connectivity index (χ3v) is 17.2. The van der Waals surface area contributed by atoms with E-state index < -0.39 is 0 Å². The van der Waals surface area contributed by atoms with Gasteiger partial charge in [-0.25, -0.2) is 0 Å². The van der Waals surface area contributed by atoms with E-state index in [1.165, 1.54) is 77.0 Å². The van der Waals surface area contributed by atoms with Gasteiger partial charge in [0.25, 0.3) is 0 Å². The summed E-state index contributed by atoms with van der Waals surface area (Å²) in [5.74, 6) is 0. The zero-order valence-electron chi connectivity index (χ0n) is 27.2. The van der Waals surface area contributed by atoms with Crippen LogP contribution in [0.4, 0.5) is 0 Å². The summed E-state index contributed by atoms with van der Waals surface area (Å²) in [7, 11) is 0. The first-order valence-electron chi connectivity index (χ1n) is 16.1. The molecule has 8 bridgehead atoms. The summed E-state index contributed by atoms with van der Waals surface area (Å²) in [6, 6.07) is 0. The summed E-state index contributed by atoms with van der Waals surface area (Å²) < 4.78 is 0.629. The predicted molar refractivity (Wildman–Crippen MR) is 171 cm³/mol. The van der Waals surface area contributed by atoms with Crippen molar-refractivity contribution < 1.29 is 0 Å². The van der Waals surface area contributed by atoms with Crippen LogP contribution in [0.2, 0.25) is 0 Å². The van der Waals surface area contributed by atoms with Gasteiger partial charge in [-0.1, -0.05) is 115 Å². The first-order chi connectivity index (χ1) is 16.7. The number of hydrogen-bond acceptors (Lipinski definition) is 0. The second kappa shape index (κ2) is 7.18. The molecule has 8 rings (SSSR count). The fourth-order valence-corrected chi connectivity index (χ4v) is 16.6. The zero-order chi connectivity index (χ0) is 28.5. The van der Waals surface area contributed by atoms with Gasteiger partial charge in [0, 0.05) is 8.65 Å². The predicted octanol–water partition coefficient (Wildman–Crippen LogP) is 12.1. The van der Waals surface area contributed by atoms with Gasteiger partial charge < -0.3 is 0 Å². The van der Waals surface area contributed by atoms with Crippen LogP contribution in [0.1, 0.15) is 160 Å². The number of alkyl halides is 2. The van der Waals surface area contributed by atoms with Crippen LogP contribution in [0, 0.1) is 54.1 Å². The van der Waals surface area contributed by atoms with Crippen molar-refractivity contribution in [3.05, 3.63) is 0 Å². The monoisotopic (exact) mass is 650 g/mol. The van der Waals surface area contributed by atoms with Crippen molar-refractivity contribution in [2.75, 3.05) is 0 Å². The van der Waals surface area contributed by atoms with E-state index in [9.17, 15) is 0 Å². The van der Waals surface area contributed by atoms with Gasteiger partial charge in [-0.05, 0) is 131 Å². The van der Waals surface area contributed by atoms with Gasteiger partial charge in [0.15, 0.2) is 0 Å². The average molecular weight is 653 g/mol. The largest absolute Gasteiger partial charge is 0.0853 e. The van der Waals surface area contributed by atoms with E-state index in [1.807, 2.05) is 0 Å². The van der Waals surface area contributed by atoms with E-state index in [-0.39, 0.29) is 0 Å². The highest BCUT2D eigenvalue weighted by Gasteiger charge is 2.81. The highest BCUT2D eigenvalue weighted by atomic mass is 79.9. The van der Waals surface area contributed by atoms with Gasteiger partial charge in [-0.15, -0.1) is 0 Å². The molecule has 0 nitrogen and oxygen atoms in total. The van der Waals surface area contributed by atoms with Crippen LogP contribution in [0.3, 0.4) is 0 Å². The Morgan fingerprint density at radius 1 is 0.316 bits per heavy atom. The lowest BCUT2D eigenvalue weighted by molar-refractivity contribution is -0.308. The molecule has 0 radical (unpaired) electrons. The first kappa shape index (κ1) is 29.1. The summed E-state index contributed by atoms with van der Waals surface area (Å²) in [5, 5.41) is 0. The Bertz CT molecular complexity index is 891. The molecule has 38 heavy (non-hydrogen) atoms. The first-order valence-corrected chi connectivity index (χ1v) is 17.7. The van der Waals surface area contributed by atoms with Crippen LogP contribution in [-0.4, -0.2) is 8.65 Å². The van der Waals surface area contributed by atoms with Gasteiger partial charge in [-0.3, -0.25) is 0 Å². The Morgan fingerprint density at radius 3 is 0.711 bits per heavy atom. The zero-order valence-corrected chi connectivity index (χ0v) is 30.4. The molecule has 8 atom stereocenters. The van der Waals surface area contributed by atoms with Crippen molar-refractivity contribution >= 4 is 31.9 Å². The number of rotatable bonds is 1. The molecule has 0 saturated heterocycles. The molecule has 0 aromatic carbocycles. The maximum absolute atomic E-state index is 4.63. The van der Waals surface area contributed by atoms with E-state index in [2.05, 4.69) is 115 Å². The normalized spacial score (nSPS) is 54.2. The van der Waals surface area contributed by atoms with Gasteiger partial charge in [0.05, 0.1) is 0 Å². The molecule has 8 fully saturated rings. The molecule has 0 spiro atoms. The van der Waals surface area contributed by atoms with Crippen LogP contribution in [0.15, 0.2) is 0 Å². The minimum atomic E-state index is 0.314. The molecular weight excluding hydrogens is 592 g/mol. The highest BCUT2D eigenvalue weighted by molar-refractivity contribution is 9.10. The van der Waals surface area contributed by atoms with Crippen molar-refractivity contribution in [3.8, 4) is 0 Å². The quantitative estimate of drug-likeness (QED) is 0.247. The van der Waals surface area contributed by atoms with Crippen LogP contribution < -0.4 is 0 Å². The van der Waals surface area contributed by atoms with Gasteiger partial charge in [-0.2, -0.15) is 0 Å². The van der Waals surface area contributed by atoms with Crippen molar-refractivity contribution in [3.63, 3.8) is 0 Å². The molecule has 0 heterocycles. The number of halogens is 2. The fourth-order valence-electron chi connectivity index (χ4n) is 13.3. The fraction of sp³-hybridized carbons (Fsp3) is 1.00. The molecule has 0 aromatic heterocycles. The van der Waals surface area contributed by atoms with Crippen molar-refractivity contribution in [1.29, 1.82) is 0 Å². The maximum atomic E-state index is 4.63. The highest BCUT2D eigenvalue weighted by Crippen LogP contribution is 2.89. The van der Waals surface area contributed by atoms with Crippen LogP contribution in [0.25, 0.3) is 0 Å². The standard InChI is InChI=1S/C36H60Br2/c1-25(2,3)29-13-30(26(4,5)6)16-33(15-29,23-35(37,19-29)20-30)34-17-31(27(7,8)9)14-32(18-34,28(10,11)12)22-36(38,21-31)24-34/h13-24H2,1-12H3/t29-,30+,31-,32+,33?,34?,35?,36?. The average Bonchev–Trinajstić information content (AvgIpc) is 2.60. The second-order valence-electron chi connectivity index (χ2n) is 21.1. The van der Waals surface area contributed by atoms with E-state index in [0.29, 0.717) is 62.8 Å². The van der Waals surface area contributed by atoms with E-state index in [1.54, 1.807) is 0 Å². The molecule has 2 heteroatoms. The minimum Gasteiger partial charge on any atom is -0.0853 e. The SMILES string of the molecule is CC(C)(C)[C@@]12CC3(Br)CC(C45CC6(Br)C[C@](C(C)(C)C)(C4)C[C@@](C(C)(C)C)(C6)C5)(C1)C[C@](C(C)(C)C)(C3)C2. The molecule has 0 aromatic rings. The van der Waals surface area contributed by atoms with Crippen molar-refractivity contribution in [1.82, 2.24) is 0 Å². The second-order valence-corrected chi connectivity index (χ2v) is 24.5. The molecule has 0 amide bonds. The molecule has 8 saturated carbocycles. The molecule has 8 aliphatic carbocycles. The molecule has 8 aliphatic rings. The Labute approximate surface area is 253 Å². The Morgan fingerprint density at radius 2 is 0.526 bits per heavy atom. The third-order valence-electron chi connectivity index (χ3n) is 15.5. The molecule has 4 unspecified atom stereocenters. The van der Waals surface area contributed by atoms with Crippen LogP contribution in [-0.2, 0) is 0 Å². The molecule has 0 aliphatic heterocycles. The van der Waals surface area contributed by atoms with Gasteiger partial charge in [0.2, 0.25) is 0 Å². The summed E-state index contributed by atoms with van der Waals surface area (Å²) in [6.07, 6.45) is 17.3. The smallest absolute Gasteiger partial charge is 0.0274 e. The lowest BCUT2D eigenvalue weighted by Gasteiger charge is -2.83. The van der Waals surface area contributed by atoms with Crippen molar-refractivity contribution in [2.24, 2.45) is 54.1 Å². The maximum Gasteiger partial charge on any atom is 0.0274 e. The Balaban J connectivity index is 1.62. The van der Waals surface area contributed by atoms with Gasteiger partial charge >= 0.3 is 0 Å². The van der Waals surface area contributed by atoms with Crippen molar-refractivity contribution in [2.45, 2.75) is 169 Å². The lowest BCUT2D eigenvalue weighted by atomic mass is 9.23. The summed E-state index contributed by atoms with van der Waals surface area (Å²) in [6.45, 7) is 31.3. The van der Waals surface area contributed by atoms with E-state index in [0.717, 1.165) is 0 Å². The Kier molecular flexibility index (Phi) is 5.49. The lowest BCUT2D eigenvalue weighted by Crippen LogP contribution is -2.76. The minimum absolute atomic E-state index is 0.314. The van der Waals surface area contributed by atoms with E-state index >= 15 is 0 Å². The molecule has 0 N–H and O–H groups in total. The number of hydrogen-bond donors (Lipinski definition) is 0. The van der Waals surface area contributed by atoms with E-state index in [4.69, 9.17) is 0 Å². The Hall–Kier alpha value is 0.960. The molecular formula is C36H60Br2. The molecule has 218 valence electrons. The van der Waals surface area contributed by atoms with Crippen LogP contribution in [0.5, 0.6) is 0 Å². The third kappa shape index (κ3) is 3.43. The van der Waals surface area contributed by atoms with Gasteiger partial charge in [0.1, 0.15) is 0 Å². The topological polar surface area (TPSA) is 0 Å². The summed E-state index contributed by atoms with van der Waals surface area (Å²) in [5.41, 5.74) is 3.99. The van der Waals surface area contributed by atoms with Crippen LogP contribution >= 0.6 is 31.9 Å².